The molecule has 1 aliphatic carbocycles. The number of nitrogen functional groups attached to an aromatic ring is 1. The molecule has 1 aliphatic rings. The predicted octanol–water partition coefficient (Wildman–Crippen LogP) is 1.31. The molecule has 4 heteroatoms. The lowest BCUT2D eigenvalue weighted by atomic mass is 9.78. The minimum atomic E-state index is -0.436. The first-order valence-corrected chi connectivity index (χ1v) is 5.39. The zero-order chi connectivity index (χ0) is 11.0. The van der Waals surface area contributed by atoms with Crippen molar-refractivity contribution in [2.75, 3.05) is 5.73 Å². The molecule has 15 heavy (non-hydrogen) atoms. The van der Waals surface area contributed by atoms with Gasteiger partial charge in [0.2, 0.25) is 5.95 Å². The summed E-state index contributed by atoms with van der Waals surface area (Å²) in [7, 11) is 0. The number of rotatable bonds is 1. The summed E-state index contributed by atoms with van der Waals surface area (Å²) in [6.07, 6.45) is 3.09. The van der Waals surface area contributed by atoms with Gasteiger partial charge in [-0.05, 0) is 24.7 Å². The molecule has 0 radical (unpaired) electrons. The summed E-state index contributed by atoms with van der Waals surface area (Å²) in [5.74, 6) is 1.08. The quantitative estimate of drug-likeness (QED) is 0.728. The summed E-state index contributed by atoms with van der Waals surface area (Å²) >= 11 is 0. The Morgan fingerprint density at radius 3 is 2.93 bits per heavy atom. The van der Waals surface area contributed by atoms with Crippen LogP contribution in [-0.4, -0.2) is 15.1 Å². The number of aliphatic hydroxyl groups excluding tert-OH is 1. The van der Waals surface area contributed by atoms with Gasteiger partial charge in [0.1, 0.15) is 0 Å². The molecule has 1 aromatic heterocycles. The van der Waals surface area contributed by atoms with Crippen LogP contribution >= 0.6 is 0 Å². The van der Waals surface area contributed by atoms with Crippen molar-refractivity contribution >= 4 is 5.95 Å². The van der Waals surface area contributed by atoms with Crippen LogP contribution in [-0.2, 0) is 6.42 Å². The number of aliphatic hydroxyl groups is 1. The molecule has 0 saturated carbocycles. The van der Waals surface area contributed by atoms with Gasteiger partial charge in [0.05, 0.1) is 11.8 Å². The number of anilines is 1. The lowest BCUT2D eigenvalue weighted by molar-refractivity contribution is 0.0657. The Morgan fingerprint density at radius 1 is 1.53 bits per heavy atom. The van der Waals surface area contributed by atoms with Gasteiger partial charge in [-0.25, -0.2) is 9.97 Å². The van der Waals surface area contributed by atoms with Gasteiger partial charge in [0.25, 0.3) is 0 Å². The molecular formula is C11H17N3O. The normalized spacial score (nSPS) is 25.3. The number of aryl methyl sites for hydroxylation is 1. The maximum Gasteiger partial charge on any atom is 0.220 e. The van der Waals surface area contributed by atoms with Gasteiger partial charge < -0.3 is 10.8 Å². The summed E-state index contributed by atoms with van der Waals surface area (Å²) in [5.41, 5.74) is 7.28. The molecule has 0 bridgehead atoms. The van der Waals surface area contributed by atoms with Crippen molar-refractivity contribution < 1.29 is 5.11 Å². The monoisotopic (exact) mass is 207 g/mol. The Kier molecular flexibility index (Phi) is 2.61. The van der Waals surface area contributed by atoms with Gasteiger partial charge >= 0.3 is 0 Å². The van der Waals surface area contributed by atoms with Crippen molar-refractivity contribution in [2.24, 2.45) is 11.8 Å². The Bertz CT molecular complexity index is 365. The van der Waals surface area contributed by atoms with E-state index in [0.717, 1.165) is 24.1 Å². The second kappa shape index (κ2) is 3.77. The molecule has 82 valence electrons. The van der Waals surface area contributed by atoms with Crippen molar-refractivity contribution in [1.29, 1.82) is 0 Å². The van der Waals surface area contributed by atoms with Gasteiger partial charge in [-0.2, -0.15) is 0 Å². The predicted molar refractivity (Wildman–Crippen MR) is 58.1 cm³/mol. The average Bonchev–Trinajstić information content (AvgIpc) is 2.17. The van der Waals surface area contributed by atoms with E-state index in [9.17, 15) is 5.11 Å². The van der Waals surface area contributed by atoms with Gasteiger partial charge in [-0.3, -0.25) is 0 Å². The van der Waals surface area contributed by atoms with E-state index < -0.39 is 6.10 Å². The molecule has 2 atom stereocenters. The largest absolute Gasteiger partial charge is 0.388 e. The topological polar surface area (TPSA) is 72.0 Å². The van der Waals surface area contributed by atoms with E-state index in [1.54, 1.807) is 6.20 Å². The van der Waals surface area contributed by atoms with Crippen molar-refractivity contribution in [3.05, 3.63) is 17.5 Å². The number of nitrogens with zero attached hydrogens (tertiary/aromatic N) is 2. The zero-order valence-corrected chi connectivity index (χ0v) is 9.14. The van der Waals surface area contributed by atoms with Crippen LogP contribution in [0.25, 0.3) is 0 Å². The number of hydrogen-bond donors (Lipinski definition) is 2. The first kappa shape index (κ1) is 10.4. The van der Waals surface area contributed by atoms with Crippen LogP contribution in [0.3, 0.4) is 0 Å². The number of aromatic nitrogens is 2. The van der Waals surface area contributed by atoms with Gasteiger partial charge in [-0.15, -0.1) is 0 Å². The average molecular weight is 207 g/mol. The minimum Gasteiger partial charge on any atom is -0.388 e. The lowest BCUT2D eigenvalue weighted by Crippen LogP contribution is -2.26. The fourth-order valence-corrected chi connectivity index (χ4v) is 2.28. The highest BCUT2D eigenvalue weighted by atomic mass is 16.3. The molecule has 0 aliphatic heterocycles. The Balaban J connectivity index is 2.34. The molecule has 0 amide bonds. The van der Waals surface area contributed by atoms with E-state index in [-0.39, 0.29) is 0 Å². The molecule has 3 N–H and O–H groups in total. The summed E-state index contributed by atoms with van der Waals surface area (Å²) in [4.78, 5) is 8.11. The molecule has 0 saturated heterocycles. The molecular weight excluding hydrogens is 190 g/mol. The summed E-state index contributed by atoms with van der Waals surface area (Å²) in [6, 6.07) is 0. The van der Waals surface area contributed by atoms with E-state index in [0.29, 0.717) is 17.8 Å². The van der Waals surface area contributed by atoms with Gasteiger partial charge in [0.15, 0.2) is 0 Å². The third-order valence-corrected chi connectivity index (χ3v) is 3.21. The maximum absolute atomic E-state index is 10.2. The smallest absolute Gasteiger partial charge is 0.220 e. The molecule has 0 fully saturated rings. The maximum atomic E-state index is 10.2. The fraction of sp³-hybridized carbons (Fsp3) is 0.636. The minimum absolute atomic E-state index is 0.295. The molecule has 0 spiro atoms. The van der Waals surface area contributed by atoms with Crippen LogP contribution in [0, 0.1) is 11.8 Å². The first-order valence-electron chi connectivity index (χ1n) is 5.39. The standard InChI is InChI=1S/C11H17N3O/c1-6(2)7-3-4-9-8(10(7)15)5-13-11(12)14-9/h5-7,10,15H,3-4H2,1-2H3,(H2,12,13,14). The van der Waals surface area contributed by atoms with Crippen molar-refractivity contribution in [3.63, 3.8) is 0 Å². The van der Waals surface area contributed by atoms with Crippen molar-refractivity contribution in [3.8, 4) is 0 Å². The van der Waals surface area contributed by atoms with Crippen molar-refractivity contribution in [1.82, 2.24) is 9.97 Å². The zero-order valence-electron chi connectivity index (χ0n) is 9.14. The van der Waals surface area contributed by atoms with Crippen molar-refractivity contribution in [2.45, 2.75) is 32.8 Å². The lowest BCUT2D eigenvalue weighted by Gasteiger charge is -2.31. The highest BCUT2D eigenvalue weighted by Gasteiger charge is 2.31. The third-order valence-electron chi connectivity index (χ3n) is 3.21. The van der Waals surface area contributed by atoms with E-state index in [4.69, 9.17) is 5.73 Å². The third kappa shape index (κ3) is 1.81. The van der Waals surface area contributed by atoms with E-state index in [1.807, 2.05) is 0 Å². The summed E-state index contributed by atoms with van der Waals surface area (Å²) < 4.78 is 0. The van der Waals surface area contributed by atoms with Crippen LogP contribution in [0.2, 0.25) is 0 Å². The van der Waals surface area contributed by atoms with Crippen LogP contribution in [0.4, 0.5) is 5.95 Å². The second-order valence-corrected chi connectivity index (χ2v) is 4.52. The van der Waals surface area contributed by atoms with Crippen LogP contribution in [0.5, 0.6) is 0 Å². The van der Waals surface area contributed by atoms with Gasteiger partial charge in [-0.1, -0.05) is 13.8 Å². The summed E-state index contributed by atoms with van der Waals surface area (Å²) in [6.45, 7) is 4.27. The van der Waals surface area contributed by atoms with E-state index in [1.165, 1.54) is 0 Å². The second-order valence-electron chi connectivity index (χ2n) is 4.52. The highest BCUT2D eigenvalue weighted by molar-refractivity contribution is 5.29. The Morgan fingerprint density at radius 2 is 2.27 bits per heavy atom. The van der Waals surface area contributed by atoms with Crippen LogP contribution in [0.1, 0.15) is 37.6 Å². The Labute approximate surface area is 89.6 Å². The highest BCUT2D eigenvalue weighted by Crippen LogP contribution is 2.37. The molecule has 1 heterocycles. The molecule has 1 aromatic rings. The number of hydrogen-bond acceptors (Lipinski definition) is 4. The first-order chi connectivity index (χ1) is 7.09. The van der Waals surface area contributed by atoms with Crippen LogP contribution in [0.15, 0.2) is 6.20 Å². The van der Waals surface area contributed by atoms with E-state index in [2.05, 4.69) is 23.8 Å². The van der Waals surface area contributed by atoms with E-state index >= 15 is 0 Å². The summed E-state index contributed by atoms with van der Waals surface area (Å²) in [5, 5.41) is 10.2. The Hall–Kier alpha value is -1.16. The number of fused-ring (bicyclic) bond motifs is 1. The molecule has 0 aromatic carbocycles. The van der Waals surface area contributed by atoms with Crippen LogP contribution < -0.4 is 5.73 Å². The molecule has 2 unspecified atom stereocenters. The SMILES string of the molecule is CC(C)C1CCc2nc(N)ncc2C1O. The fourth-order valence-electron chi connectivity index (χ4n) is 2.28. The molecule has 2 rings (SSSR count). The molecule has 4 nitrogen and oxygen atoms in total. The van der Waals surface area contributed by atoms with Gasteiger partial charge in [0, 0.05) is 11.8 Å². The number of nitrogens with two attached hydrogens (primary N) is 1.